The normalized spacial score (nSPS) is 15.3. The average molecular weight is 250 g/mol. The second-order valence-electron chi connectivity index (χ2n) is 3.63. The van der Waals surface area contributed by atoms with Crippen LogP contribution in [0, 0.1) is 0 Å². The zero-order valence-corrected chi connectivity index (χ0v) is 10.7. The van der Waals surface area contributed by atoms with E-state index < -0.39 is 0 Å². The molecule has 1 aromatic heterocycles. The highest BCUT2D eigenvalue weighted by molar-refractivity contribution is 7.11. The molecule has 17 heavy (non-hydrogen) atoms. The van der Waals surface area contributed by atoms with E-state index in [9.17, 15) is 4.79 Å². The number of carbonyl (C=O) groups excluding carboxylic acids is 1. The lowest BCUT2D eigenvalue weighted by Crippen LogP contribution is -2.13. The summed E-state index contributed by atoms with van der Waals surface area (Å²) in [6.07, 6.45) is 2.46. The van der Waals surface area contributed by atoms with Gasteiger partial charge in [0.15, 0.2) is 5.76 Å². The number of carbonyl (C=O) groups is 1. The molecule has 0 unspecified atom stereocenters. The molecule has 0 saturated carbocycles. The van der Waals surface area contributed by atoms with Gasteiger partial charge >= 0.3 is 5.97 Å². The lowest BCUT2D eigenvalue weighted by atomic mass is 10.1. The summed E-state index contributed by atoms with van der Waals surface area (Å²) in [6, 6.07) is 3.88. The minimum atomic E-state index is -0.292. The minimum Gasteiger partial charge on any atom is -0.463 e. The van der Waals surface area contributed by atoms with Crippen molar-refractivity contribution in [2.24, 2.45) is 0 Å². The Morgan fingerprint density at radius 3 is 3.06 bits per heavy atom. The predicted octanol–water partition coefficient (Wildman–Crippen LogP) is 3.35. The van der Waals surface area contributed by atoms with Gasteiger partial charge in [0.05, 0.1) is 22.8 Å². The Kier molecular flexibility index (Phi) is 3.64. The zero-order valence-electron chi connectivity index (χ0n) is 9.86. The molecule has 0 spiro atoms. The van der Waals surface area contributed by atoms with Gasteiger partial charge in [0.25, 0.3) is 0 Å². The molecule has 2 rings (SSSR count). The van der Waals surface area contributed by atoms with E-state index in [1.807, 2.05) is 30.5 Å². The first kappa shape index (κ1) is 11.9. The predicted molar refractivity (Wildman–Crippen MR) is 67.3 cm³/mol. The van der Waals surface area contributed by atoms with Crippen molar-refractivity contribution in [1.29, 1.82) is 0 Å². The fourth-order valence-electron chi connectivity index (χ4n) is 1.60. The molecular weight excluding hydrogens is 236 g/mol. The molecule has 0 saturated heterocycles. The van der Waals surface area contributed by atoms with E-state index in [1.54, 1.807) is 18.3 Å². The molecule has 0 aromatic carbocycles. The van der Waals surface area contributed by atoms with Crippen molar-refractivity contribution >= 4 is 23.1 Å². The summed E-state index contributed by atoms with van der Waals surface area (Å²) < 4.78 is 10.7. The van der Waals surface area contributed by atoms with Gasteiger partial charge in [-0.25, -0.2) is 4.79 Å². The first-order valence-electron chi connectivity index (χ1n) is 5.51. The van der Waals surface area contributed by atoms with Crippen LogP contribution in [-0.2, 0) is 14.3 Å². The second kappa shape index (κ2) is 5.19. The van der Waals surface area contributed by atoms with Crippen LogP contribution in [0.1, 0.15) is 25.1 Å². The number of thiophene rings is 1. The lowest BCUT2D eigenvalue weighted by Gasteiger charge is -2.18. The Morgan fingerprint density at radius 1 is 1.59 bits per heavy atom. The molecule has 3 nitrogen and oxygen atoms in total. The summed E-state index contributed by atoms with van der Waals surface area (Å²) in [6.45, 7) is 4.06. The molecule has 0 amide bonds. The molecule has 90 valence electrons. The van der Waals surface area contributed by atoms with Crippen molar-refractivity contribution in [2.75, 3.05) is 6.61 Å². The summed E-state index contributed by atoms with van der Waals surface area (Å²) in [5.74, 6) is 1.17. The molecule has 4 heteroatoms. The number of hydrogen-bond donors (Lipinski definition) is 0. The van der Waals surface area contributed by atoms with E-state index in [-0.39, 0.29) is 5.97 Å². The van der Waals surface area contributed by atoms with Crippen molar-refractivity contribution < 1.29 is 14.3 Å². The summed E-state index contributed by atoms with van der Waals surface area (Å²) in [7, 11) is 0. The van der Waals surface area contributed by atoms with Gasteiger partial charge in [-0.05, 0) is 31.4 Å². The maximum Gasteiger partial charge on any atom is 0.338 e. The van der Waals surface area contributed by atoms with E-state index >= 15 is 0 Å². The standard InChI is InChI=1S/C13H14O3S/c1-3-15-13(14)10-7-6-9(2)16-12(10)11-5-4-8-17-11/h4-6,8H,3,7H2,1-2H3. The summed E-state index contributed by atoms with van der Waals surface area (Å²) in [5, 5.41) is 1.96. The van der Waals surface area contributed by atoms with Crippen LogP contribution in [-0.4, -0.2) is 12.6 Å². The highest BCUT2D eigenvalue weighted by atomic mass is 32.1. The van der Waals surface area contributed by atoms with E-state index in [2.05, 4.69) is 0 Å². The average Bonchev–Trinajstić information content (AvgIpc) is 2.82. The molecule has 0 radical (unpaired) electrons. The molecule has 0 atom stereocenters. The number of esters is 1. The number of hydrogen-bond acceptors (Lipinski definition) is 4. The van der Waals surface area contributed by atoms with Crippen molar-refractivity contribution in [3.05, 3.63) is 39.8 Å². The summed E-state index contributed by atoms with van der Waals surface area (Å²) >= 11 is 1.55. The number of ether oxygens (including phenoxy) is 2. The zero-order chi connectivity index (χ0) is 12.3. The first-order valence-corrected chi connectivity index (χ1v) is 6.39. The van der Waals surface area contributed by atoms with Crippen molar-refractivity contribution in [2.45, 2.75) is 20.3 Å². The van der Waals surface area contributed by atoms with Crippen LogP contribution in [0.4, 0.5) is 0 Å². The summed E-state index contributed by atoms with van der Waals surface area (Å²) in [5.41, 5.74) is 0.597. The quantitative estimate of drug-likeness (QED) is 0.772. The molecule has 2 heterocycles. The van der Waals surface area contributed by atoms with Gasteiger partial charge in [0.1, 0.15) is 0 Å². The molecule has 0 fully saturated rings. The SMILES string of the molecule is CCOC(=O)C1=C(c2cccs2)OC(C)=CC1. The number of rotatable bonds is 3. The Morgan fingerprint density at radius 2 is 2.41 bits per heavy atom. The van der Waals surface area contributed by atoms with Crippen LogP contribution in [0.5, 0.6) is 0 Å². The molecule has 0 aliphatic carbocycles. The third-order valence-electron chi connectivity index (χ3n) is 2.40. The smallest absolute Gasteiger partial charge is 0.338 e. The lowest BCUT2D eigenvalue weighted by molar-refractivity contribution is -0.138. The maximum absolute atomic E-state index is 11.8. The minimum absolute atomic E-state index is 0.292. The van der Waals surface area contributed by atoms with Crippen molar-refractivity contribution in [3.63, 3.8) is 0 Å². The molecule has 1 aliphatic rings. The Balaban J connectivity index is 2.35. The molecule has 1 aromatic rings. The first-order chi connectivity index (χ1) is 8.22. The van der Waals surface area contributed by atoms with E-state index in [4.69, 9.17) is 9.47 Å². The van der Waals surface area contributed by atoms with E-state index in [0.29, 0.717) is 24.4 Å². The third-order valence-corrected chi connectivity index (χ3v) is 3.27. The van der Waals surface area contributed by atoms with Crippen molar-refractivity contribution in [1.82, 2.24) is 0 Å². The maximum atomic E-state index is 11.8. The van der Waals surface area contributed by atoms with Gasteiger partial charge in [-0.2, -0.15) is 0 Å². The highest BCUT2D eigenvalue weighted by Gasteiger charge is 2.23. The van der Waals surface area contributed by atoms with Crippen LogP contribution in [0.3, 0.4) is 0 Å². The largest absolute Gasteiger partial charge is 0.463 e. The Bertz CT molecular complexity index is 469. The van der Waals surface area contributed by atoms with Gasteiger partial charge in [-0.3, -0.25) is 0 Å². The van der Waals surface area contributed by atoms with Gasteiger partial charge in [0.2, 0.25) is 0 Å². The Hall–Kier alpha value is -1.55. The van der Waals surface area contributed by atoms with Crippen LogP contribution >= 0.6 is 11.3 Å². The van der Waals surface area contributed by atoms with E-state index in [1.165, 1.54) is 0 Å². The summed E-state index contributed by atoms with van der Waals surface area (Å²) in [4.78, 5) is 12.8. The van der Waals surface area contributed by atoms with Crippen LogP contribution < -0.4 is 0 Å². The monoisotopic (exact) mass is 250 g/mol. The second-order valence-corrected chi connectivity index (χ2v) is 4.57. The van der Waals surface area contributed by atoms with Gasteiger partial charge < -0.3 is 9.47 Å². The van der Waals surface area contributed by atoms with Gasteiger partial charge in [0, 0.05) is 6.42 Å². The van der Waals surface area contributed by atoms with E-state index in [0.717, 1.165) is 10.6 Å². The van der Waals surface area contributed by atoms with Gasteiger partial charge in [-0.15, -0.1) is 11.3 Å². The highest BCUT2D eigenvalue weighted by Crippen LogP contribution is 2.32. The topological polar surface area (TPSA) is 35.5 Å². The fraction of sp³-hybridized carbons (Fsp3) is 0.308. The number of allylic oxidation sites excluding steroid dienone is 2. The Labute approximate surface area is 104 Å². The molecule has 1 aliphatic heterocycles. The fourth-order valence-corrected chi connectivity index (χ4v) is 2.34. The van der Waals surface area contributed by atoms with Crippen LogP contribution in [0.25, 0.3) is 5.76 Å². The van der Waals surface area contributed by atoms with Crippen LogP contribution in [0.2, 0.25) is 0 Å². The molecule has 0 bridgehead atoms. The molecular formula is C13H14O3S. The molecule has 0 N–H and O–H groups in total. The van der Waals surface area contributed by atoms with Crippen LogP contribution in [0.15, 0.2) is 34.9 Å². The third kappa shape index (κ3) is 2.58. The van der Waals surface area contributed by atoms with Crippen molar-refractivity contribution in [3.8, 4) is 0 Å². The van der Waals surface area contributed by atoms with Gasteiger partial charge in [-0.1, -0.05) is 6.07 Å².